The molecule has 0 radical (unpaired) electrons. The van der Waals surface area contributed by atoms with Crippen LogP contribution in [0.2, 0.25) is 0 Å². The van der Waals surface area contributed by atoms with Crippen LogP contribution in [0.4, 0.5) is 0 Å². The molecular formula is C20H16O5S. The fourth-order valence-corrected chi connectivity index (χ4v) is 3.25. The van der Waals surface area contributed by atoms with Crippen molar-refractivity contribution in [3.05, 3.63) is 90.0 Å². The number of esters is 1. The van der Waals surface area contributed by atoms with Gasteiger partial charge in [0.15, 0.2) is 5.75 Å². The maximum Gasteiger partial charge on any atom is 0.347 e. The van der Waals surface area contributed by atoms with Crippen LogP contribution in [0.1, 0.15) is 15.9 Å². The largest absolute Gasteiger partial charge is 0.423 e. The number of aryl methyl sites for hydroxylation is 1. The molecule has 0 aliphatic rings. The number of benzene rings is 3. The van der Waals surface area contributed by atoms with Crippen molar-refractivity contribution in [2.24, 2.45) is 0 Å². The number of ether oxygens (including phenoxy) is 1. The summed E-state index contributed by atoms with van der Waals surface area (Å²) in [6.07, 6.45) is 0. The van der Waals surface area contributed by atoms with Gasteiger partial charge in [0.05, 0.1) is 0 Å². The second-order valence-corrected chi connectivity index (χ2v) is 7.10. The third kappa shape index (κ3) is 4.10. The van der Waals surface area contributed by atoms with E-state index in [9.17, 15) is 13.2 Å². The summed E-state index contributed by atoms with van der Waals surface area (Å²) < 4.78 is 35.4. The molecule has 3 rings (SSSR count). The van der Waals surface area contributed by atoms with Crippen molar-refractivity contribution >= 4 is 16.1 Å². The Morgan fingerprint density at radius 1 is 0.846 bits per heavy atom. The molecule has 0 aliphatic carbocycles. The lowest BCUT2D eigenvalue weighted by atomic mass is 10.1. The van der Waals surface area contributed by atoms with Gasteiger partial charge in [-0.15, -0.1) is 0 Å². The summed E-state index contributed by atoms with van der Waals surface area (Å²) in [6.45, 7) is 1.79. The molecular weight excluding hydrogens is 352 g/mol. The maximum absolute atomic E-state index is 12.5. The van der Waals surface area contributed by atoms with Gasteiger partial charge in [-0.1, -0.05) is 42.5 Å². The van der Waals surface area contributed by atoms with Gasteiger partial charge in [0.1, 0.15) is 16.2 Å². The number of rotatable bonds is 5. The molecule has 0 aliphatic heterocycles. The van der Waals surface area contributed by atoms with E-state index in [0.29, 0.717) is 5.75 Å². The zero-order valence-electron chi connectivity index (χ0n) is 14.0. The third-order valence-corrected chi connectivity index (χ3v) is 4.79. The van der Waals surface area contributed by atoms with Crippen LogP contribution in [0, 0.1) is 6.92 Å². The lowest BCUT2D eigenvalue weighted by Crippen LogP contribution is -2.15. The molecule has 0 saturated heterocycles. The lowest BCUT2D eigenvalue weighted by Gasteiger charge is -2.12. The van der Waals surface area contributed by atoms with Crippen LogP contribution in [0.5, 0.6) is 11.5 Å². The molecule has 0 aromatic heterocycles. The highest BCUT2D eigenvalue weighted by atomic mass is 32.2. The average Bonchev–Trinajstić information content (AvgIpc) is 2.64. The summed E-state index contributed by atoms with van der Waals surface area (Å²) in [6, 6.07) is 20.9. The summed E-state index contributed by atoms with van der Waals surface area (Å²) in [4.78, 5) is 12.5. The quantitative estimate of drug-likeness (QED) is 0.387. The molecule has 26 heavy (non-hydrogen) atoms. The fourth-order valence-electron chi connectivity index (χ4n) is 2.28. The summed E-state index contributed by atoms with van der Waals surface area (Å²) in [5, 5.41) is 0. The van der Waals surface area contributed by atoms with E-state index in [4.69, 9.17) is 8.92 Å². The minimum atomic E-state index is -4.06. The first kappa shape index (κ1) is 17.7. The van der Waals surface area contributed by atoms with Gasteiger partial charge in [0.25, 0.3) is 0 Å². The molecule has 5 nitrogen and oxygen atoms in total. The highest BCUT2D eigenvalue weighted by Gasteiger charge is 2.22. The molecule has 0 N–H and O–H groups in total. The first-order valence-electron chi connectivity index (χ1n) is 7.83. The summed E-state index contributed by atoms with van der Waals surface area (Å²) in [7, 11) is -4.06. The van der Waals surface area contributed by atoms with Crippen molar-refractivity contribution in [3.8, 4) is 11.5 Å². The number of para-hydroxylation sites is 1. The van der Waals surface area contributed by atoms with E-state index in [1.54, 1.807) is 61.5 Å². The predicted molar refractivity (Wildman–Crippen MR) is 96.8 cm³/mol. The van der Waals surface area contributed by atoms with E-state index >= 15 is 0 Å². The minimum Gasteiger partial charge on any atom is -0.423 e. The monoisotopic (exact) mass is 368 g/mol. The Labute approximate surface area is 151 Å². The Kier molecular flexibility index (Phi) is 5.04. The standard InChI is InChI=1S/C20H16O5S/c1-15-12-13-19(25-26(22,23)17-10-6-3-7-11-17)18(14-15)20(21)24-16-8-4-2-5-9-16/h2-14H,1H3. The van der Waals surface area contributed by atoms with Crippen molar-refractivity contribution in [2.45, 2.75) is 11.8 Å². The van der Waals surface area contributed by atoms with Crippen molar-refractivity contribution in [1.82, 2.24) is 0 Å². The average molecular weight is 368 g/mol. The van der Waals surface area contributed by atoms with Gasteiger partial charge in [-0.25, -0.2) is 4.79 Å². The van der Waals surface area contributed by atoms with Crippen molar-refractivity contribution < 1.29 is 22.1 Å². The molecule has 0 saturated carbocycles. The van der Waals surface area contributed by atoms with E-state index < -0.39 is 16.1 Å². The normalized spacial score (nSPS) is 11.0. The van der Waals surface area contributed by atoms with Gasteiger partial charge >= 0.3 is 16.1 Å². The third-order valence-electron chi connectivity index (χ3n) is 3.54. The van der Waals surface area contributed by atoms with E-state index in [1.165, 1.54) is 24.3 Å². The van der Waals surface area contributed by atoms with Crippen LogP contribution < -0.4 is 8.92 Å². The lowest BCUT2D eigenvalue weighted by molar-refractivity contribution is 0.0733. The highest BCUT2D eigenvalue weighted by Crippen LogP contribution is 2.26. The Morgan fingerprint density at radius 2 is 1.46 bits per heavy atom. The summed E-state index contributed by atoms with van der Waals surface area (Å²) in [5.74, 6) is -0.422. The SMILES string of the molecule is Cc1ccc(OS(=O)(=O)c2ccccc2)c(C(=O)Oc2ccccc2)c1. The van der Waals surface area contributed by atoms with Crippen LogP contribution in [0.25, 0.3) is 0 Å². The van der Waals surface area contributed by atoms with Gasteiger partial charge in [0, 0.05) is 0 Å². The Morgan fingerprint density at radius 3 is 2.12 bits per heavy atom. The molecule has 0 amide bonds. The number of hydrogen-bond acceptors (Lipinski definition) is 5. The molecule has 0 spiro atoms. The van der Waals surface area contributed by atoms with Gasteiger partial charge < -0.3 is 8.92 Å². The zero-order valence-corrected chi connectivity index (χ0v) is 14.8. The molecule has 0 atom stereocenters. The molecule has 0 unspecified atom stereocenters. The van der Waals surface area contributed by atoms with Crippen molar-refractivity contribution in [1.29, 1.82) is 0 Å². The molecule has 0 heterocycles. The van der Waals surface area contributed by atoms with Gasteiger partial charge in [0.2, 0.25) is 0 Å². The molecule has 132 valence electrons. The summed E-state index contributed by atoms with van der Waals surface area (Å²) >= 11 is 0. The van der Waals surface area contributed by atoms with Crippen molar-refractivity contribution in [3.63, 3.8) is 0 Å². The highest BCUT2D eigenvalue weighted by molar-refractivity contribution is 7.87. The van der Waals surface area contributed by atoms with Gasteiger partial charge in [-0.05, 0) is 48.9 Å². The maximum atomic E-state index is 12.5. The predicted octanol–water partition coefficient (Wildman–Crippen LogP) is 3.98. The number of carbonyl (C=O) groups excluding carboxylic acids is 1. The molecule has 0 fully saturated rings. The van der Waals surface area contributed by atoms with E-state index in [0.717, 1.165) is 5.56 Å². The molecule has 0 bridgehead atoms. The topological polar surface area (TPSA) is 69.7 Å². The molecule has 3 aromatic carbocycles. The van der Waals surface area contributed by atoms with Gasteiger partial charge in [-0.2, -0.15) is 8.42 Å². The van der Waals surface area contributed by atoms with Crippen LogP contribution in [-0.4, -0.2) is 14.4 Å². The Bertz CT molecular complexity index is 1010. The first-order chi connectivity index (χ1) is 12.5. The van der Waals surface area contributed by atoms with Gasteiger partial charge in [-0.3, -0.25) is 0 Å². The zero-order chi connectivity index (χ0) is 18.6. The first-order valence-corrected chi connectivity index (χ1v) is 9.24. The smallest absolute Gasteiger partial charge is 0.347 e. The second-order valence-electron chi connectivity index (χ2n) is 5.55. The van der Waals surface area contributed by atoms with Crippen LogP contribution in [0.3, 0.4) is 0 Å². The van der Waals surface area contributed by atoms with E-state index in [2.05, 4.69) is 0 Å². The van der Waals surface area contributed by atoms with E-state index in [1.807, 2.05) is 0 Å². The van der Waals surface area contributed by atoms with Crippen LogP contribution >= 0.6 is 0 Å². The summed E-state index contributed by atoms with van der Waals surface area (Å²) in [5.41, 5.74) is 0.808. The van der Waals surface area contributed by atoms with Crippen LogP contribution in [-0.2, 0) is 10.1 Å². The van der Waals surface area contributed by atoms with E-state index in [-0.39, 0.29) is 16.2 Å². The number of hydrogen-bond donors (Lipinski definition) is 0. The number of carbonyl (C=O) groups is 1. The molecule has 6 heteroatoms. The molecule has 3 aromatic rings. The Hall–Kier alpha value is -3.12. The second kappa shape index (κ2) is 7.41. The Balaban J connectivity index is 1.92. The van der Waals surface area contributed by atoms with Crippen LogP contribution in [0.15, 0.2) is 83.8 Å². The fraction of sp³-hybridized carbons (Fsp3) is 0.0500. The van der Waals surface area contributed by atoms with Crippen molar-refractivity contribution in [2.75, 3.05) is 0 Å². The minimum absolute atomic E-state index is 0.00273.